The number of carbonyl (C=O) groups excluding carboxylic acids is 3. The minimum atomic E-state index is -0.807. The fourth-order valence-electron chi connectivity index (χ4n) is 3.17. The molecule has 2 aliphatic rings. The van der Waals surface area contributed by atoms with Crippen LogP contribution in [0.4, 0.5) is 4.79 Å². The first-order valence-electron chi connectivity index (χ1n) is 7.51. The number of cyclic esters (lactones) is 1. The number of hydrogen-bond acceptors (Lipinski definition) is 6. The summed E-state index contributed by atoms with van der Waals surface area (Å²) in [6, 6.07) is -0.807. The molecule has 23 heavy (non-hydrogen) atoms. The van der Waals surface area contributed by atoms with Crippen molar-refractivity contribution >= 4 is 40.6 Å². The Morgan fingerprint density at radius 3 is 2.52 bits per heavy atom. The van der Waals surface area contributed by atoms with Crippen LogP contribution < -0.4 is 0 Å². The maximum atomic E-state index is 12.5. The van der Waals surface area contributed by atoms with E-state index in [0.29, 0.717) is 11.0 Å². The Labute approximate surface area is 149 Å². The van der Waals surface area contributed by atoms with Gasteiger partial charge in [-0.25, -0.2) is 9.59 Å². The lowest BCUT2D eigenvalue weighted by atomic mass is 9.82. The van der Waals surface area contributed by atoms with E-state index in [1.165, 1.54) is 12.0 Å². The number of ether oxygens (including phenoxy) is 3. The van der Waals surface area contributed by atoms with E-state index in [9.17, 15) is 14.4 Å². The lowest BCUT2D eigenvalue weighted by molar-refractivity contribution is -0.161. The van der Waals surface area contributed by atoms with Crippen LogP contribution in [0, 0.1) is 11.8 Å². The summed E-state index contributed by atoms with van der Waals surface area (Å²) in [5.41, 5.74) is -0.666. The van der Waals surface area contributed by atoms with Crippen LogP contribution >= 0.6 is 22.6 Å². The van der Waals surface area contributed by atoms with Gasteiger partial charge >= 0.3 is 18.0 Å². The molecule has 4 atom stereocenters. The average Bonchev–Trinajstić information content (AvgIpc) is 2.83. The van der Waals surface area contributed by atoms with E-state index in [2.05, 4.69) is 22.6 Å². The number of rotatable bonds is 2. The maximum absolute atomic E-state index is 12.5. The van der Waals surface area contributed by atoms with E-state index in [0.717, 1.165) is 0 Å². The zero-order chi connectivity index (χ0) is 17.4. The third-order valence-electron chi connectivity index (χ3n) is 4.08. The molecular weight excluding hydrogens is 417 g/mol. The van der Waals surface area contributed by atoms with Crippen LogP contribution in [0.1, 0.15) is 27.2 Å². The third kappa shape index (κ3) is 3.89. The molecule has 0 aromatic heterocycles. The number of amides is 1. The summed E-state index contributed by atoms with van der Waals surface area (Å²) >= 11 is 2.15. The first kappa shape index (κ1) is 18.3. The number of nitrogens with zero attached hydrogens (tertiary/aromatic N) is 1. The number of carbonyl (C=O) groups is 3. The summed E-state index contributed by atoms with van der Waals surface area (Å²) < 4.78 is 16.2. The number of fused-ring (bicyclic) bond motifs is 1. The second-order valence-electron chi connectivity index (χ2n) is 6.82. The van der Waals surface area contributed by atoms with Crippen molar-refractivity contribution in [3.8, 4) is 0 Å². The highest BCUT2D eigenvalue weighted by Gasteiger charge is 2.55. The molecule has 2 aliphatic heterocycles. The molecule has 130 valence electrons. The molecule has 2 heterocycles. The fraction of sp³-hybridized carbons (Fsp3) is 0.800. The predicted octanol–water partition coefficient (Wildman–Crippen LogP) is 1.76. The quantitative estimate of drug-likeness (QED) is 0.282. The molecule has 2 rings (SSSR count). The Hall–Kier alpha value is -1.06. The van der Waals surface area contributed by atoms with Crippen molar-refractivity contribution < 1.29 is 28.6 Å². The summed E-state index contributed by atoms with van der Waals surface area (Å²) in [6.45, 7) is 5.62. The van der Waals surface area contributed by atoms with E-state index in [1.54, 1.807) is 20.8 Å². The van der Waals surface area contributed by atoms with Crippen molar-refractivity contribution in [1.29, 1.82) is 0 Å². The Morgan fingerprint density at radius 1 is 1.35 bits per heavy atom. The summed E-state index contributed by atoms with van der Waals surface area (Å²) in [6.07, 6.45) is -0.764. The summed E-state index contributed by atoms with van der Waals surface area (Å²) in [5.74, 6) is -1.24. The molecule has 0 N–H and O–H groups in total. The molecule has 2 fully saturated rings. The van der Waals surface area contributed by atoms with Crippen molar-refractivity contribution in [3.05, 3.63) is 0 Å². The molecule has 7 nitrogen and oxygen atoms in total. The van der Waals surface area contributed by atoms with Gasteiger partial charge in [0.1, 0.15) is 17.7 Å². The van der Waals surface area contributed by atoms with Crippen LogP contribution in [0.15, 0.2) is 0 Å². The van der Waals surface area contributed by atoms with E-state index in [-0.39, 0.29) is 30.3 Å². The van der Waals surface area contributed by atoms with E-state index >= 15 is 0 Å². The Kier molecular flexibility index (Phi) is 5.42. The number of likely N-dealkylation sites (tertiary alicyclic amines) is 1. The number of halogens is 1. The molecule has 1 unspecified atom stereocenters. The molecule has 0 aromatic carbocycles. The molecule has 0 radical (unpaired) electrons. The van der Waals surface area contributed by atoms with Gasteiger partial charge in [0.25, 0.3) is 0 Å². The maximum Gasteiger partial charge on any atom is 0.411 e. The van der Waals surface area contributed by atoms with Gasteiger partial charge in [0.15, 0.2) is 0 Å². The van der Waals surface area contributed by atoms with Gasteiger partial charge in [-0.2, -0.15) is 0 Å². The highest BCUT2D eigenvalue weighted by atomic mass is 127. The standard InChI is InChI=1S/C15H22INO6/c1-15(2,3)23-14(20)17-7-9-8(12(17)13(19)21-4)5-11(18)22-10(9)6-16/h8-10,12H,5-7H2,1-4H3/t8-,9-,10?,12-/m0/s1. The summed E-state index contributed by atoms with van der Waals surface area (Å²) in [7, 11) is 1.28. The van der Waals surface area contributed by atoms with Gasteiger partial charge in [-0.05, 0) is 20.8 Å². The van der Waals surface area contributed by atoms with Gasteiger partial charge in [-0.15, -0.1) is 0 Å². The monoisotopic (exact) mass is 439 g/mol. The molecule has 2 saturated heterocycles. The molecule has 0 spiro atoms. The smallest absolute Gasteiger partial charge is 0.411 e. The van der Waals surface area contributed by atoms with E-state index in [1.807, 2.05) is 0 Å². The minimum absolute atomic E-state index is 0.0822. The van der Waals surface area contributed by atoms with Gasteiger partial charge in [-0.1, -0.05) is 22.6 Å². The van der Waals surface area contributed by atoms with Crippen LogP contribution in [0.3, 0.4) is 0 Å². The van der Waals surface area contributed by atoms with Crippen LogP contribution in [-0.2, 0) is 23.8 Å². The Balaban J connectivity index is 2.29. The molecule has 1 amide bonds. The molecular formula is C15H22INO6. The first-order chi connectivity index (χ1) is 10.7. The number of alkyl halides is 1. The Morgan fingerprint density at radius 2 is 2.00 bits per heavy atom. The van der Waals surface area contributed by atoms with E-state index in [4.69, 9.17) is 14.2 Å². The molecule has 0 aromatic rings. The van der Waals surface area contributed by atoms with Crippen LogP contribution in [-0.4, -0.2) is 58.8 Å². The molecule has 0 bridgehead atoms. The number of hydrogen-bond donors (Lipinski definition) is 0. The second kappa shape index (κ2) is 6.82. The van der Waals surface area contributed by atoms with E-state index < -0.39 is 23.7 Å². The van der Waals surface area contributed by atoms with Gasteiger partial charge in [0, 0.05) is 22.8 Å². The largest absolute Gasteiger partial charge is 0.467 e. The molecule has 8 heteroatoms. The predicted molar refractivity (Wildman–Crippen MR) is 89.1 cm³/mol. The zero-order valence-electron chi connectivity index (χ0n) is 13.7. The first-order valence-corrected chi connectivity index (χ1v) is 9.03. The Bertz CT molecular complexity index is 503. The van der Waals surface area contributed by atoms with Crippen molar-refractivity contribution in [3.63, 3.8) is 0 Å². The van der Waals surface area contributed by atoms with Gasteiger partial charge in [0.05, 0.1) is 13.5 Å². The zero-order valence-corrected chi connectivity index (χ0v) is 15.9. The second-order valence-corrected chi connectivity index (χ2v) is 7.70. The highest BCUT2D eigenvalue weighted by Crippen LogP contribution is 2.40. The summed E-state index contributed by atoms with van der Waals surface area (Å²) in [4.78, 5) is 37.9. The van der Waals surface area contributed by atoms with Crippen molar-refractivity contribution in [1.82, 2.24) is 4.90 Å². The SMILES string of the molecule is COC(=O)[C@@H]1[C@H]2CC(=O)OC(CI)[C@H]2CN1C(=O)OC(C)(C)C. The third-order valence-corrected chi connectivity index (χ3v) is 4.95. The lowest BCUT2D eigenvalue weighted by Crippen LogP contribution is -2.47. The van der Waals surface area contributed by atoms with Crippen molar-refractivity contribution in [2.24, 2.45) is 11.8 Å². The van der Waals surface area contributed by atoms with Crippen LogP contribution in [0.5, 0.6) is 0 Å². The van der Waals surface area contributed by atoms with Crippen molar-refractivity contribution in [2.75, 3.05) is 18.1 Å². The van der Waals surface area contributed by atoms with Gasteiger partial charge in [0.2, 0.25) is 0 Å². The molecule has 0 aliphatic carbocycles. The average molecular weight is 439 g/mol. The fourth-order valence-corrected chi connectivity index (χ4v) is 4.00. The highest BCUT2D eigenvalue weighted by molar-refractivity contribution is 14.1. The van der Waals surface area contributed by atoms with Gasteiger partial charge < -0.3 is 14.2 Å². The number of methoxy groups -OCH3 is 1. The topological polar surface area (TPSA) is 82.1 Å². The minimum Gasteiger partial charge on any atom is -0.467 e. The van der Waals surface area contributed by atoms with Crippen molar-refractivity contribution in [2.45, 2.75) is 44.9 Å². The normalized spacial score (nSPS) is 30.5. The summed E-state index contributed by atoms with van der Waals surface area (Å²) in [5, 5.41) is 0. The molecule has 0 saturated carbocycles. The van der Waals surface area contributed by atoms with Crippen LogP contribution in [0.2, 0.25) is 0 Å². The van der Waals surface area contributed by atoms with Crippen LogP contribution in [0.25, 0.3) is 0 Å². The van der Waals surface area contributed by atoms with Gasteiger partial charge in [-0.3, -0.25) is 9.69 Å². The number of esters is 2. The lowest BCUT2D eigenvalue weighted by Gasteiger charge is -2.32.